The summed E-state index contributed by atoms with van der Waals surface area (Å²) in [6, 6.07) is 8.86. The first kappa shape index (κ1) is 15.5. The predicted molar refractivity (Wildman–Crippen MR) is 82.3 cm³/mol. The monoisotopic (exact) mass is 307 g/mol. The van der Waals surface area contributed by atoms with E-state index in [0.29, 0.717) is 10.9 Å². The molecule has 2 aromatic rings. The number of hydrogen-bond acceptors (Lipinski definition) is 4. The molecule has 1 aromatic carbocycles. The largest absolute Gasteiger partial charge is 0.338 e. The van der Waals surface area contributed by atoms with E-state index < -0.39 is 0 Å². The first-order valence-corrected chi connectivity index (χ1v) is 7.09. The maximum atomic E-state index is 12.1. The fraction of sp³-hybridized carbons (Fsp3) is 0.333. The lowest BCUT2D eigenvalue weighted by Crippen LogP contribution is -2.39. The highest BCUT2D eigenvalue weighted by atomic mass is 35.5. The second kappa shape index (κ2) is 6.74. The second-order valence-electron chi connectivity index (χ2n) is 4.98. The van der Waals surface area contributed by atoms with Crippen LogP contribution in [0.4, 0.5) is 5.88 Å². The number of anilines is 1. The highest BCUT2D eigenvalue weighted by molar-refractivity contribution is 6.30. The van der Waals surface area contributed by atoms with Gasteiger partial charge in [-0.05, 0) is 38.5 Å². The molecule has 0 aliphatic heterocycles. The molecule has 112 valence electrons. The van der Waals surface area contributed by atoms with Gasteiger partial charge in [0.25, 0.3) is 0 Å². The Kier molecular flexibility index (Phi) is 4.98. The number of aryl methyl sites for hydroxylation is 1. The third-order valence-electron chi connectivity index (χ3n) is 3.14. The predicted octanol–water partition coefficient (Wildman–Crippen LogP) is 3.31. The molecule has 0 saturated heterocycles. The van der Waals surface area contributed by atoms with Crippen LogP contribution in [-0.2, 0) is 4.79 Å². The second-order valence-corrected chi connectivity index (χ2v) is 5.42. The molecule has 2 rings (SSSR count). The number of benzene rings is 1. The maximum Gasteiger partial charge on any atom is 0.243 e. The van der Waals surface area contributed by atoms with Crippen molar-refractivity contribution in [2.75, 3.05) is 5.32 Å². The number of halogens is 1. The Morgan fingerprint density at radius 1 is 1.29 bits per heavy atom. The molecule has 1 amide bonds. The Morgan fingerprint density at radius 2 is 1.95 bits per heavy atom. The Labute approximate surface area is 128 Å². The van der Waals surface area contributed by atoms with E-state index in [0.717, 1.165) is 11.3 Å². The summed E-state index contributed by atoms with van der Waals surface area (Å²) < 4.78 is 4.96. The van der Waals surface area contributed by atoms with E-state index in [-0.39, 0.29) is 18.0 Å². The van der Waals surface area contributed by atoms with Crippen molar-refractivity contribution in [1.82, 2.24) is 10.5 Å². The van der Waals surface area contributed by atoms with Crippen molar-refractivity contribution in [3.05, 3.63) is 46.6 Å². The number of rotatable bonds is 5. The van der Waals surface area contributed by atoms with Gasteiger partial charge in [0, 0.05) is 17.1 Å². The lowest BCUT2D eigenvalue weighted by atomic mass is 10.1. The van der Waals surface area contributed by atoms with Gasteiger partial charge in [-0.3, -0.25) is 15.4 Å². The summed E-state index contributed by atoms with van der Waals surface area (Å²) >= 11 is 5.86. The van der Waals surface area contributed by atoms with Crippen LogP contribution in [0.2, 0.25) is 5.02 Å². The van der Waals surface area contributed by atoms with Gasteiger partial charge in [-0.1, -0.05) is 28.9 Å². The summed E-state index contributed by atoms with van der Waals surface area (Å²) in [5.41, 5.74) is 1.79. The molecule has 6 heteroatoms. The normalized spacial score (nSPS) is 13.7. The number of nitrogens with one attached hydrogen (secondary N) is 2. The van der Waals surface area contributed by atoms with E-state index >= 15 is 0 Å². The van der Waals surface area contributed by atoms with Gasteiger partial charge in [0.2, 0.25) is 11.8 Å². The van der Waals surface area contributed by atoms with Crippen LogP contribution < -0.4 is 10.6 Å². The average molecular weight is 308 g/mol. The van der Waals surface area contributed by atoms with Crippen molar-refractivity contribution in [3.63, 3.8) is 0 Å². The third-order valence-corrected chi connectivity index (χ3v) is 3.39. The highest BCUT2D eigenvalue weighted by Gasteiger charge is 2.17. The maximum absolute atomic E-state index is 12.1. The molecular weight excluding hydrogens is 290 g/mol. The Balaban J connectivity index is 1.92. The van der Waals surface area contributed by atoms with Crippen LogP contribution >= 0.6 is 11.6 Å². The molecule has 0 bridgehead atoms. The summed E-state index contributed by atoms with van der Waals surface area (Å²) in [6.45, 7) is 5.58. The summed E-state index contributed by atoms with van der Waals surface area (Å²) in [5.74, 6) is 0.178. The molecular formula is C15H18ClN3O2. The van der Waals surface area contributed by atoms with Crippen LogP contribution in [0.3, 0.4) is 0 Å². The third kappa shape index (κ3) is 4.31. The summed E-state index contributed by atoms with van der Waals surface area (Å²) in [5, 5.41) is 10.3. The SMILES string of the molecule is Cc1cc(NC(=O)[C@@H](C)N[C@@H](C)c2ccc(Cl)cc2)on1. The van der Waals surface area contributed by atoms with E-state index in [1.807, 2.05) is 31.2 Å². The number of carbonyl (C=O) groups is 1. The van der Waals surface area contributed by atoms with Crippen LogP contribution in [0.15, 0.2) is 34.9 Å². The van der Waals surface area contributed by atoms with Gasteiger partial charge in [0.1, 0.15) is 0 Å². The molecule has 1 heterocycles. The van der Waals surface area contributed by atoms with Crippen LogP contribution in [0.25, 0.3) is 0 Å². The van der Waals surface area contributed by atoms with Crippen LogP contribution in [0, 0.1) is 6.92 Å². The van der Waals surface area contributed by atoms with E-state index in [1.165, 1.54) is 0 Å². The van der Waals surface area contributed by atoms with Gasteiger partial charge >= 0.3 is 0 Å². The number of aromatic nitrogens is 1. The summed E-state index contributed by atoms with van der Waals surface area (Å²) in [6.07, 6.45) is 0. The zero-order valence-electron chi connectivity index (χ0n) is 12.2. The average Bonchev–Trinajstić information content (AvgIpc) is 2.84. The fourth-order valence-corrected chi connectivity index (χ4v) is 2.08. The van der Waals surface area contributed by atoms with Gasteiger partial charge in [-0.2, -0.15) is 0 Å². The van der Waals surface area contributed by atoms with Crippen LogP contribution in [-0.4, -0.2) is 17.1 Å². The molecule has 0 spiro atoms. The number of amides is 1. The van der Waals surface area contributed by atoms with E-state index in [2.05, 4.69) is 15.8 Å². The molecule has 0 unspecified atom stereocenters. The van der Waals surface area contributed by atoms with E-state index in [1.54, 1.807) is 19.9 Å². The lowest BCUT2D eigenvalue weighted by Gasteiger charge is -2.19. The smallest absolute Gasteiger partial charge is 0.243 e. The minimum atomic E-state index is -0.374. The molecule has 5 nitrogen and oxygen atoms in total. The van der Waals surface area contributed by atoms with Crippen molar-refractivity contribution in [2.45, 2.75) is 32.9 Å². The van der Waals surface area contributed by atoms with Crippen LogP contribution in [0.5, 0.6) is 0 Å². The molecule has 0 saturated carbocycles. The van der Waals surface area contributed by atoms with Gasteiger partial charge in [0.05, 0.1) is 11.7 Å². The zero-order valence-corrected chi connectivity index (χ0v) is 12.9. The minimum Gasteiger partial charge on any atom is -0.338 e. The van der Waals surface area contributed by atoms with Gasteiger partial charge < -0.3 is 4.52 Å². The molecule has 0 radical (unpaired) electrons. The quantitative estimate of drug-likeness (QED) is 0.889. The molecule has 2 N–H and O–H groups in total. The van der Waals surface area contributed by atoms with Crippen molar-refractivity contribution < 1.29 is 9.32 Å². The van der Waals surface area contributed by atoms with E-state index in [4.69, 9.17) is 16.1 Å². The number of nitrogens with zero attached hydrogens (tertiary/aromatic N) is 1. The number of hydrogen-bond donors (Lipinski definition) is 2. The molecule has 0 aliphatic rings. The van der Waals surface area contributed by atoms with Crippen molar-refractivity contribution >= 4 is 23.4 Å². The van der Waals surface area contributed by atoms with Gasteiger partial charge in [-0.15, -0.1) is 0 Å². The molecule has 2 atom stereocenters. The van der Waals surface area contributed by atoms with Crippen molar-refractivity contribution in [1.29, 1.82) is 0 Å². The molecule has 0 fully saturated rings. The van der Waals surface area contributed by atoms with E-state index in [9.17, 15) is 4.79 Å². The van der Waals surface area contributed by atoms with Gasteiger partial charge in [0.15, 0.2) is 0 Å². The topological polar surface area (TPSA) is 67.2 Å². The first-order valence-electron chi connectivity index (χ1n) is 6.71. The molecule has 21 heavy (non-hydrogen) atoms. The highest BCUT2D eigenvalue weighted by Crippen LogP contribution is 2.17. The zero-order chi connectivity index (χ0) is 15.4. The first-order chi connectivity index (χ1) is 9.95. The van der Waals surface area contributed by atoms with Crippen LogP contribution in [0.1, 0.15) is 31.1 Å². The Morgan fingerprint density at radius 3 is 2.52 bits per heavy atom. The Bertz CT molecular complexity index is 610. The van der Waals surface area contributed by atoms with Crippen molar-refractivity contribution in [2.24, 2.45) is 0 Å². The summed E-state index contributed by atoms with van der Waals surface area (Å²) in [7, 11) is 0. The lowest BCUT2D eigenvalue weighted by molar-refractivity contribution is -0.118. The minimum absolute atomic E-state index is 0.0273. The number of carbonyl (C=O) groups excluding carboxylic acids is 1. The molecule has 0 aliphatic carbocycles. The fourth-order valence-electron chi connectivity index (χ4n) is 1.95. The Hall–Kier alpha value is -1.85. The molecule has 1 aromatic heterocycles. The standard InChI is InChI=1S/C15H18ClN3O2/c1-9-8-14(21-19-9)18-15(20)11(3)17-10(2)12-4-6-13(16)7-5-12/h4-8,10-11,17H,1-3H3,(H,18,20)/t10-,11+/m0/s1. The summed E-state index contributed by atoms with van der Waals surface area (Å²) in [4.78, 5) is 12.1. The van der Waals surface area contributed by atoms with Crippen molar-refractivity contribution in [3.8, 4) is 0 Å². The van der Waals surface area contributed by atoms with Gasteiger partial charge in [-0.25, -0.2) is 0 Å².